The lowest BCUT2D eigenvalue weighted by Crippen LogP contribution is -2.41. The minimum Gasteiger partial charge on any atom is -0.481 e. The molecule has 1 aromatic rings. The monoisotopic (exact) mass is 387 g/mol. The number of nitrogens with one attached hydrogen (secondary N) is 1. The fourth-order valence-corrected chi connectivity index (χ4v) is 3.18. The highest BCUT2D eigenvalue weighted by atomic mass is 19.3. The molecule has 150 valence electrons. The number of carbonyl (C=O) groups is 1. The topological polar surface area (TPSA) is 63.7 Å². The standard InChI is InChI=1S/C18H24F3N3O3/c1-24(16(25)13-4-3-7-22-13)9-11-8-12(19)15(23-14(11)26-2)27-10-18(5-6-18)17(20)21/h8,13,17,22H,3-7,9-10H2,1-2H3/t13-/m0/s1. The minimum absolute atomic E-state index is 0.0807. The number of alkyl halides is 2. The number of aromatic nitrogens is 1. The maximum absolute atomic E-state index is 14.4. The lowest BCUT2D eigenvalue weighted by molar-refractivity contribution is -0.132. The number of methoxy groups -OCH3 is 1. The van der Waals surface area contributed by atoms with Crippen molar-refractivity contribution in [3.05, 3.63) is 17.4 Å². The molecule has 1 atom stereocenters. The van der Waals surface area contributed by atoms with Gasteiger partial charge in [-0.2, -0.15) is 4.98 Å². The third kappa shape index (κ3) is 4.28. The van der Waals surface area contributed by atoms with Crippen LogP contribution in [0.3, 0.4) is 0 Å². The lowest BCUT2D eigenvalue weighted by atomic mass is 10.1. The number of likely N-dealkylation sites (N-methyl/N-ethyl adjacent to an activating group) is 1. The molecular formula is C18H24F3N3O3. The average molecular weight is 387 g/mol. The van der Waals surface area contributed by atoms with Crippen LogP contribution in [0.2, 0.25) is 0 Å². The van der Waals surface area contributed by atoms with E-state index in [0.29, 0.717) is 18.4 Å². The molecule has 2 heterocycles. The van der Waals surface area contributed by atoms with Gasteiger partial charge in [0, 0.05) is 12.6 Å². The van der Waals surface area contributed by atoms with Crippen LogP contribution < -0.4 is 14.8 Å². The number of ether oxygens (including phenoxy) is 2. The molecule has 9 heteroatoms. The van der Waals surface area contributed by atoms with Crippen LogP contribution in [0.25, 0.3) is 0 Å². The van der Waals surface area contributed by atoms with Crippen LogP contribution >= 0.6 is 0 Å². The zero-order valence-electron chi connectivity index (χ0n) is 15.4. The predicted octanol–water partition coefficient (Wildman–Crippen LogP) is 2.36. The Labute approximate surface area is 156 Å². The Morgan fingerprint density at radius 1 is 1.44 bits per heavy atom. The molecule has 1 aliphatic carbocycles. The summed E-state index contributed by atoms with van der Waals surface area (Å²) in [5, 5.41) is 3.12. The fourth-order valence-electron chi connectivity index (χ4n) is 3.18. The Kier molecular flexibility index (Phi) is 5.78. The molecule has 1 aromatic heterocycles. The molecule has 0 radical (unpaired) electrons. The van der Waals surface area contributed by atoms with Crippen molar-refractivity contribution < 1.29 is 27.4 Å². The summed E-state index contributed by atoms with van der Waals surface area (Å²) < 4.78 is 50.7. The quantitative estimate of drug-likeness (QED) is 0.742. The maximum atomic E-state index is 14.4. The number of hydrogen-bond donors (Lipinski definition) is 1. The van der Waals surface area contributed by atoms with Crippen molar-refractivity contribution in [3.8, 4) is 11.8 Å². The van der Waals surface area contributed by atoms with Crippen molar-refractivity contribution in [2.45, 2.75) is 44.7 Å². The maximum Gasteiger partial charge on any atom is 0.253 e. The van der Waals surface area contributed by atoms with Gasteiger partial charge in [0.2, 0.25) is 18.2 Å². The SMILES string of the molecule is COc1nc(OCC2(C(F)F)CC2)c(F)cc1CN(C)C(=O)[C@@H]1CCCN1. The predicted molar refractivity (Wildman–Crippen MR) is 91.4 cm³/mol. The van der Waals surface area contributed by atoms with Crippen molar-refractivity contribution in [2.75, 3.05) is 27.3 Å². The summed E-state index contributed by atoms with van der Waals surface area (Å²) in [6.07, 6.45) is -0.0973. The normalized spacial score (nSPS) is 20.6. The number of amides is 1. The molecule has 0 bridgehead atoms. The number of hydrogen-bond acceptors (Lipinski definition) is 5. The largest absolute Gasteiger partial charge is 0.481 e. The van der Waals surface area contributed by atoms with Crippen LogP contribution in [0.5, 0.6) is 11.8 Å². The second kappa shape index (κ2) is 7.92. The molecule has 1 saturated carbocycles. The summed E-state index contributed by atoms with van der Waals surface area (Å²) >= 11 is 0. The summed E-state index contributed by atoms with van der Waals surface area (Å²) in [5.74, 6) is -1.11. The van der Waals surface area contributed by atoms with Gasteiger partial charge < -0.3 is 19.7 Å². The molecule has 0 spiro atoms. The summed E-state index contributed by atoms with van der Waals surface area (Å²) in [5.41, 5.74) is -0.813. The molecule has 0 unspecified atom stereocenters. The van der Waals surface area contributed by atoms with E-state index in [-0.39, 0.29) is 36.9 Å². The number of halogens is 3. The lowest BCUT2D eigenvalue weighted by Gasteiger charge is -2.22. The van der Waals surface area contributed by atoms with Gasteiger partial charge in [-0.1, -0.05) is 0 Å². The third-order valence-corrected chi connectivity index (χ3v) is 5.17. The number of rotatable bonds is 8. The Morgan fingerprint density at radius 3 is 2.74 bits per heavy atom. The van der Waals surface area contributed by atoms with E-state index >= 15 is 0 Å². The molecule has 2 fully saturated rings. The van der Waals surface area contributed by atoms with Gasteiger partial charge >= 0.3 is 0 Å². The van der Waals surface area contributed by atoms with Crippen molar-refractivity contribution in [1.82, 2.24) is 15.2 Å². The fraction of sp³-hybridized carbons (Fsp3) is 0.667. The van der Waals surface area contributed by atoms with Crippen LogP contribution in [0, 0.1) is 11.2 Å². The minimum atomic E-state index is -2.51. The van der Waals surface area contributed by atoms with Crippen LogP contribution in [0.15, 0.2) is 6.07 Å². The van der Waals surface area contributed by atoms with Crippen LogP contribution in [0.1, 0.15) is 31.2 Å². The van der Waals surface area contributed by atoms with E-state index < -0.39 is 17.7 Å². The molecule has 1 aliphatic heterocycles. The molecule has 6 nitrogen and oxygen atoms in total. The highest BCUT2D eigenvalue weighted by Crippen LogP contribution is 2.50. The zero-order valence-corrected chi connectivity index (χ0v) is 15.4. The number of nitrogens with zero attached hydrogens (tertiary/aromatic N) is 2. The van der Waals surface area contributed by atoms with E-state index in [1.165, 1.54) is 18.1 Å². The number of pyridine rings is 1. The van der Waals surface area contributed by atoms with Crippen molar-refractivity contribution in [1.29, 1.82) is 0 Å². The second-order valence-corrected chi connectivity index (χ2v) is 7.24. The second-order valence-electron chi connectivity index (χ2n) is 7.24. The molecule has 27 heavy (non-hydrogen) atoms. The average Bonchev–Trinajstić information content (AvgIpc) is 3.24. The van der Waals surface area contributed by atoms with Gasteiger partial charge in [0.25, 0.3) is 5.88 Å². The van der Waals surface area contributed by atoms with Gasteiger partial charge in [-0.05, 0) is 38.3 Å². The van der Waals surface area contributed by atoms with E-state index in [1.807, 2.05) is 0 Å². The molecule has 1 N–H and O–H groups in total. The molecule has 0 aromatic carbocycles. The van der Waals surface area contributed by atoms with Crippen molar-refractivity contribution >= 4 is 5.91 Å². The Morgan fingerprint density at radius 2 is 2.19 bits per heavy atom. The molecule has 1 amide bonds. The third-order valence-electron chi connectivity index (χ3n) is 5.17. The Bertz CT molecular complexity index is 692. The smallest absolute Gasteiger partial charge is 0.253 e. The van der Waals surface area contributed by atoms with Gasteiger partial charge in [0.05, 0.1) is 25.1 Å². The van der Waals surface area contributed by atoms with Gasteiger partial charge in [0.1, 0.15) is 6.61 Å². The summed E-state index contributed by atoms with van der Waals surface area (Å²) in [7, 11) is 3.00. The molecule has 1 saturated heterocycles. The van der Waals surface area contributed by atoms with E-state index in [0.717, 1.165) is 19.4 Å². The van der Waals surface area contributed by atoms with Gasteiger partial charge in [-0.3, -0.25) is 4.79 Å². The van der Waals surface area contributed by atoms with E-state index in [4.69, 9.17) is 9.47 Å². The van der Waals surface area contributed by atoms with Crippen LogP contribution in [-0.4, -0.2) is 55.6 Å². The first-order valence-corrected chi connectivity index (χ1v) is 8.99. The van der Waals surface area contributed by atoms with Gasteiger partial charge in [-0.25, -0.2) is 13.2 Å². The summed E-state index contributed by atoms with van der Waals surface area (Å²) in [4.78, 5) is 17.9. The van der Waals surface area contributed by atoms with Crippen LogP contribution in [0.4, 0.5) is 13.2 Å². The summed E-state index contributed by atoms with van der Waals surface area (Å²) in [6.45, 7) is 0.629. The number of carbonyl (C=O) groups excluding carboxylic acids is 1. The first kappa shape index (κ1) is 19.7. The highest BCUT2D eigenvalue weighted by molar-refractivity contribution is 5.82. The van der Waals surface area contributed by atoms with Crippen LogP contribution in [-0.2, 0) is 11.3 Å². The zero-order chi connectivity index (χ0) is 19.6. The van der Waals surface area contributed by atoms with Gasteiger partial charge in [-0.15, -0.1) is 0 Å². The van der Waals surface area contributed by atoms with E-state index in [2.05, 4.69) is 10.3 Å². The Balaban J connectivity index is 1.69. The van der Waals surface area contributed by atoms with Crippen molar-refractivity contribution in [3.63, 3.8) is 0 Å². The summed E-state index contributed by atoms with van der Waals surface area (Å²) in [6, 6.07) is 0.945. The first-order chi connectivity index (χ1) is 12.9. The van der Waals surface area contributed by atoms with E-state index in [9.17, 15) is 18.0 Å². The van der Waals surface area contributed by atoms with Crippen molar-refractivity contribution in [2.24, 2.45) is 5.41 Å². The van der Waals surface area contributed by atoms with E-state index in [1.54, 1.807) is 7.05 Å². The first-order valence-electron chi connectivity index (χ1n) is 8.99. The van der Waals surface area contributed by atoms with Gasteiger partial charge in [0.15, 0.2) is 5.82 Å². The molecule has 3 rings (SSSR count). The Hall–Kier alpha value is -2.03. The highest BCUT2D eigenvalue weighted by Gasteiger charge is 2.52. The molecular weight excluding hydrogens is 363 g/mol. The molecule has 2 aliphatic rings.